The molecule has 1 heterocycles. The summed E-state index contributed by atoms with van der Waals surface area (Å²) >= 11 is 0. The van der Waals surface area contributed by atoms with Crippen molar-refractivity contribution in [2.24, 2.45) is 0 Å². The average Bonchev–Trinajstić information content (AvgIpc) is 2.80. The topological polar surface area (TPSA) is 98.5 Å². The van der Waals surface area contributed by atoms with Crippen LogP contribution in [-0.2, 0) is 19.6 Å². The van der Waals surface area contributed by atoms with Crippen LogP contribution in [0.25, 0.3) is 0 Å². The number of hydrogen-bond donors (Lipinski definition) is 1. The number of carbonyl (C=O) groups excluding carboxylic acids is 1. The quantitative estimate of drug-likeness (QED) is 0.894. The van der Waals surface area contributed by atoms with E-state index in [1.807, 2.05) is 4.72 Å². The van der Waals surface area contributed by atoms with Crippen molar-refractivity contribution in [1.82, 2.24) is 9.88 Å². The SMILES string of the molecule is CO[C@@H](C(=O)NS(=O)(=O)c1c(C)noc1C)c1ccccc1. The van der Waals surface area contributed by atoms with Crippen molar-refractivity contribution in [3.63, 3.8) is 0 Å². The van der Waals surface area contributed by atoms with Crippen LogP contribution in [-0.4, -0.2) is 26.6 Å². The van der Waals surface area contributed by atoms with Crippen LogP contribution < -0.4 is 4.72 Å². The molecule has 0 aliphatic carbocycles. The van der Waals surface area contributed by atoms with Gasteiger partial charge in [0.1, 0.15) is 5.69 Å². The molecule has 0 aliphatic rings. The summed E-state index contributed by atoms with van der Waals surface area (Å²) in [5.74, 6) is -0.667. The first-order chi connectivity index (χ1) is 10.4. The molecule has 1 N–H and O–H groups in total. The first-order valence-electron chi connectivity index (χ1n) is 6.44. The van der Waals surface area contributed by atoms with E-state index in [-0.39, 0.29) is 16.3 Å². The molecular formula is C14H16N2O5S. The molecule has 0 unspecified atom stereocenters. The predicted octanol–water partition coefficient (Wildman–Crippen LogP) is 1.48. The standard InChI is InChI=1S/C14H16N2O5S/c1-9-13(10(2)21-15-9)22(18,19)16-14(17)12(20-3)11-7-5-4-6-8-11/h4-8,12H,1-3H3,(H,16,17)/t12-/m1/s1. The highest BCUT2D eigenvalue weighted by molar-refractivity contribution is 7.90. The van der Waals surface area contributed by atoms with Gasteiger partial charge in [-0.3, -0.25) is 4.79 Å². The summed E-state index contributed by atoms with van der Waals surface area (Å²) in [4.78, 5) is 12.1. The summed E-state index contributed by atoms with van der Waals surface area (Å²) in [5, 5.41) is 3.58. The van der Waals surface area contributed by atoms with Crippen molar-refractivity contribution in [1.29, 1.82) is 0 Å². The fourth-order valence-electron chi connectivity index (χ4n) is 2.12. The molecule has 0 bridgehead atoms. The number of aryl methyl sites for hydroxylation is 2. The summed E-state index contributed by atoms with van der Waals surface area (Å²) in [6.45, 7) is 2.95. The third-order valence-electron chi connectivity index (χ3n) is 3.05. The molecule has 1 aromatic carbocycles. The Kier molecular flexibility index (Phi) is 4.62. The Morgan fingerprint density at radius 1 is 1.27 bits per heavy atom. The van der Waals surface area contributed by atoms with Gasteiger partial charge in [0.2, 0.25) is 0 Å². The lowest BCUT2D eigenvalue weighted by Gasteiger charge is -2.15. The van der Waals surface area contributed by atoms with E-state index >= 15 is 0 Å². The Morgan fingerprint density at radius 3 is 2.41 bits per heavy atom. The zero-order valence-corrected chi connectivity index (χ0v) is 13.2. The first kappa shape index (κ1) is 16.2. The maximum absolute atomic E-state index is 12.3. The van der Waals surface area contributed by atoms with Crippen molar-refractivity contribution in [3.05, 3.63) is 47.3 Å². The van der Waals surface area contributed by atoms with Gasteiger partial charge in [-0.1, -0.05) is 35.5 Å². The van der Waals surface area contributed by atoms with Crippen molar-refractivity contribution in [3.8, 4) is 0 Å². The van der Waals surface area contributed by atoms with Gasteiger partial charge < -0.3 is 9.26 Å². The molecule has 0 aliphatic heterocycles. The molecule has 0 saturated carbocycles. The van der Waals surface area contributed by atoms with Crippen molar-refractivity contribution in [2.45, 2.75) is 24.8 Å². The minimum Gasteiger partial charge on any atom is -0.367 e. The lowest BCUT2D eigenvalue weighted by molar-refractivity contribution is -0.129. The van der Waals surface area contributed by atoms with Gasteiger partial charge in [0, 0.05) is 7.11 Å². The van der Waals surface area contributed by atoms with Crippen LogP contribution in [0.2, 0.25) is 0 Å². The molecular weight excluding hydrogens is 308 g/mol. The molecule has 2 rings (SSSR count). The van der Waals surface area contributed by atoms with E-state index in [1.54, 1.807) is 30.3 Å². The summed E-state index contributed by atoms with van der Waals surface area (Å²) in [6, 6.07) is 8.61. The largest absolute Gasteiger partial charge is 0.367 e. The maximum atomic E-state index is 12.3. The van der Waals surface area contributed by atoms with E-state index < -0.39 is 22.0 Å². The Labute approximate surface area is 128 Å². The number of nitrogens with zero attached hydrogens (tertiary/aromatic N) is 1. The van der Waals surface area contributed by atoms with Gasteiger partial charge in [0.15, 0.2) is 16.8 Å². The number of hydrogen-bond acceptors (Lipinski definition) is 6. The Balaban J connectivity index is 2.27. The number of aromatic nitrogens is 1. The molecule has 0 fully saturated rings. The number of rotatable bonds is 5. The second-order valence-electron chi connectivity index (χ2n) is 4.65. The Morgan fingerprint density at radius 2 is 1.91 bits per heavy atom. The van der Waals surface area contributed by atoms with Gasteiger partial charge in [-0.25, -0.2) is 13.1 Å². The van der Waals surface area contributed by atoms with Crippen LogP contribution in [0, 0.1) is 13.8 Å². The number of nitrogens with one attached hydrogen (secondary N) is 1. The number of benzene rings is 1. The molecule has 118 valence electrons. The molecule has 1 amide bonds. The molecule has 0 radical (unpaired) electrons. The molecule has 1 atom stereocenters. The van der Waals surface area contributed by atoms with E-state index in [1.165, 1.54) is 21.0 Å². The molecule has 2 aromatic rings. The second-order valence-corrected chi connectivity index (χ2v) is 6.27. The fraction of sp³-hybridized carbons (Fsp3) is 0.286. The summed E-state index contributed by atoms with van der Waals surface area (Å²) in [7, 11) is -2.74. The first-order valence-corrected chi connectivity index (χ1v) is 7.92. The third kappa shape index (κ3) is 3.18. The average molecular weight is 324 g/mol. The van der Waals surface area contributed by atoms with Gasteiger partial charge in [-0.15, -0.1) is 0 Å². The minimum absolute atomic E-state index is 0.117. The number of carbonyl (C=O) groups is 1. The Hall–Kier alpha value is -2.19. The molecule has 0 spiro atoms. The smallest absolute Gasteiger partial charge is 0.269 e. The van der Waals surface area contributed by atoms with E-state index in [0.717, 1.165) is 0 Å². The van der Waals surface area contributed by atoms with E-state index in [4.69, 9.17) is 9.26 Å². The molecule has 7 nitrogen and oxygen atoms in total. The van der Waals surface area contributed by atoms with Gasteiger partial charge in [-0.05, 0) is 19.4 Å². The van der Waals surface area contributed by atoms with Crippen LogP contribution in [0.1, 0.15) is 23.1 Å². The zero-order valence-electron chi connectivity index (χ0n) is 12.4. The van der Waals surface area contributed by atoms with Gasteiger partial charge in [-0.2, -0.15) is 0 Å². The van der Waals surface area contributed by atoms with Crippen molar-refractivity contribution in [2.75, 3.05) is 7.11 Å². The van der Waals surface area contributed by atoms with E-state index in [0.29, 0.717) is 5.56 Å². The van der Waals surface area contributed by atoms with E-state index in [9.17, 15) is 13.2 Å². The number of amides is 1. The minimum atomic E-state index is -4.08. The van der Waals surface area contributed by atoms with Crippen LogP contribution in [0.3, 0.4) is 0 Å². The molecule has 1 aromatic heterocycles. The normalized spacial score (nSPS) is 12.9. The maximum Gasteiger partial charge on any atom is 0.269 e. The predicted molar refractivity (Wildman–Crippen MR) is 77.5 cm³/mol. The third-order valence-corrected chi connectivity index (χ3v) is 4.64. The lowest BCUT2D eigenvalue weighted by Crippen LogP contribution is -2.35. The number of sulfonamides is 1. The van der Waals surface area contributed by atoms with Gasteiger partial charge in [0.25, 0.3) is 15.9 Å². The fourth-order valence-corrected chi connectivity index (χ4v) is 3.43. The van der Waals surface area contributed by atoms with Gasteiger partial charge in [0.05, 0.1) is 0 Å². The number of methoxy groups -OCH3 is 1. The van der Waals surface area contributed by atoms with Crippen LogP contribution >= 0.6 is 0 Å². The summed E-state index contributed by atoms with van der Waals surface area (Å²) in [6.07, 6.45) is -1.03. The van der Waals surface area contributed by atoms with Crippen LogP contribution in [0.5, 0.6) is 0 Å². The summed E-state index contributed by atoms with van der Waals surface area (Å²) < 4.78 is 36.5. The van der Waals surface area contributed by atoms with Crippen LogP contribution in [0.4, 0.5) is 0 Å². The van der Waals surface area contributed by atoms with Gasteiger partial charge >= 0.3 is 0 Å². The molecule has 22 heavy (non-hydrogen) atoms. The molecule has 0 saturated heterocycles. The highest BCUT2D eigenvalue weighted by Crippen LogP contribution is 2.21. The summed E-state index contributed by atoms with van der Waals surface area (Å²) in [5.41, 5.74) is 0.739. The second kappa shape index (κ2) is 6.29. The monoisotopic (exact) mass is 324 g/mol. The van der Waals surface area contributed by atoms with Crippen molar-refractivity contribution >= 4 is 15.9 Å². The highest BCUT2D eigenvalue weighted by Gasteiger charge is 2.30. The van der Waals surface area contributed by atoms with E-state index in [2.05, 4.69) is 5.16 Å². The van der Waals surface area contributed by atoms with Crippen LogP contribution in [0.15, 0.2) is 39.8 Å². The Bertz CT molecular complexity index is 748. The molecule has 8 heteroatoms. The van der Waals surface area contributed by atoms with Crippen molar-refractivity contribution < 1.29 is 22.5 Å². The number of ether oxygens (including phenoxy) is 1. The zero-order chi connectivity index (χ0) is 16.3. The highest BCUT2D eigenvalue weighted by atomic mass is 32.2. The lowest BCUT2D eigenvalue weighted by atomic mass is 10.1.